The molecule has 1 heteroatoms. The summed E-state index contributed by atoms with van der Waals surface area (Å²) in [6.45, 7) is 6.91. The van der Waals surface area contributed by atoms with Crippen LogP contribution in [-0.4, -0.2) is 0 Å². The third-order valence-corrected chi connectivity index (χ3v) is 8.38. The van der Waals surface area contributed by atoms with Crippen LogP contribution >= 0.6 is 0 Å². The molecular weight excluding hydrogens is 470 g/mol. The fourth-order valence-corrected chi connectivity index (χ4v) is 6.34. The van der Waals surface area contributed by atoms with Gasteiger partial charge < -0.3 is 4.90 Å². The zero-order valence-electron chi connectivity index (χ0n) is 22.6. The van der Waals surface area contributed by atoms with Crippen molar-refractivity contribution in [3.8, 4) is 22.3 Å². The highest BCUT2D eigenvalue weighted by Gasteiger charge is 2.35. The lowest BCUT2D eigenvalue weighted by Gasteiger charge is -2.30. The SMILES string of the molecule is Cc1ccccc1-c1cc2ccccc2cc1N(c1ccccc1)c1ccc2c(c1)C(C)(C)c1ccccc1-2. The van der Waals surface area contributed by atoms with Crippen LogP contribution in [0.25, 0.3) is 33.0 Å². The first-order chi connectivity index (χ1) is 19.0. The molecule has 1 aliphatic carbocycles. The van der Waals surface area contributed by atoms with Crippen LogP contribution in [0.15, 0.2) is 133 Å². The molecule has 6 aromatic rings. The Balaban J connectivity index is 1.51. The summed E-state index contributed by atoms with van der Waals surface area (Å²) in [5, 5.41) is 2.48. The smallest absolute Gasteiger partial charge is 0.0546 e. The number of benzene rings is 6. The van der Waals surface area contributed by atoms with Gasteiger partial charge >= 0.3 is 0 Å². The molecule has 0 unspecified atom stereocenters. The minimum atomic E-state index is -0.0630. The number of fused-ring (bicyclic) bond motifs is 4. The summed E-state index contributed by atoms with van der Waals surface area (Å²) in [5.41, 5.74) is 12.7. The normalized spacial score (nSPS) is 13.2. The Morgan fingerprint density at radius 2 is 1.08 bits per heavy atom. The predicted octanol–water partition coefficient (Wildman–Crippen LogP) is 10.6. The summed E-state index contributed by atoms with van der Waals surface area (Å²) in [6.07, 6.45) is 0. The minimum Gasteiger partial charge on any atom is -0.310 e. The molecule has 0 bridgehead atoms. The standard InChI is InChI=1S/C38H31N/c1-26-13-7-10-18-31(26)34-23-27-14-8-9-15-28(27)24-37(34)39(29-16-5-4-6-17-29)30-21-22-33-32-19-11-12-20-35(32)38(2,3)36(33)25-30/h4-25H,1-3H3. The molecule has 0 heterocycles. The maximum absolute atomic E-state index is 2.44. The third kappa shape index (κ3) is 3.77. The number of anilines is 3. The number of hydrogen-bond donors (Lipinski definition) is 0. The van der Waals surface area contributed by atoms with Crippen molar-refractivity contribution in [2.45, 2.75) is 26.2 Å². The number of para-hydroxylation sites is 1. The van der Waals surface area contributed by atoms with E-state index in [1.807, 2.05) is 0 Å². The summed E-state index contributed by atoms with van der Waals surface area (Å²) in [7, 11) is 0. The second-order valence-electron chi connectivity index (χ2n) is 11.1. The third-order valence-electron chi connectivity index (χ3n) is 8.38. The van der Waals surface area contributed by atoms with Gasteiger partial charge in [-0.25, -0.2) is 0 Å². The van der Waals surface area contributed by atoms with Gasteiger partial charge in [-0.05, 0) is 87.5 Å². The summed E-state index contributed by atoms with van der Waals surface area (Å²) < 4.78 is 0. The number of aryl methyl sites for hydroxylation is 1. The molecular formula is C38H31N. The lowest BCUT2D eigenvalue weighted by molar-refractivity contribution is 0.660. The summed E-state index contributed by atoms with van der Waals surface area (Å²) >= 11 is 0. The Bertz CT molecular complexity index is 1840. The van der Waals surface area contributed by atoms with Gasteiger partial charge in [-0.15, -0.1) is 0 Å². The number of rotatable bonds is 4. The molecule has 0 saturated heterocycles. The maximum atomic E-state index is 2.44. The Morgan fingerprint density at radius 3 is 1.85 bits per heavy atom. The zero-order valence-corrected chi connectivity index (χ0v) is 22.6. The molecule has 39 heavy (non-hydrogen) atoms. The molecule has 1 aliphatic rings. The Kier molecular flexibility index (Phi) is 5.42. The van der Waals surface area contributed by atoms with Crippen LogP contribution in [0.3, 0.4) is 0 Å². The Morgan fingerprint density at radius 1 is 0.462 bits per heavy atom. The molecule has 0 atom stereocenters. The van der Waals surface area contributed by atoms with Crippen LogP contribution in [0.4, 0.5) is 17.1 Å². The van der Waals surface area contributed by atoms with E-state index in [-0.39, 0.29) is 5.41 Å². The van der Waals surface area contributed by atoms with E-state index in [0.717, 1.165) is 5.69 Å². The first kappa shape index (κ1) is 23.5. The van der Waals surface area contributed by atoms with Gasteiger partial charge in [0.05, 0.1) is 5.69 Å². The van der Waals surface area contributed by atoms with Crippen molar-refractivity contribution in [1.29, 1.82) is 0 Å². The highest BCUT2D eigenvalue weighted by Crippen LogP contribution is 2.51. The van der Waals surface area contributed by atoms with Crippen molar-refractivity contribution < 1.29 is 0 Å². The van der Waals surface area contributed by atoms with E-state index in [9.17, 15) is 0 Å². The van der Waals surface area contributed by atoms with Gasteiger partial charge in [0.15, 0.2) is 0 Å². The van der Waals surface area contributed by atoms with Crippen LogP contribution in [0.5, 0.6) is 0 Å². The lowest BCUT2D eigenvalue weighted by Crippen LogP contribution is -2.17. The van der Waals surface area contributed by atoms with Gasteiger partial charge in [0.1, 0.15) is 0 Å². The first-order valence-electron chi connectivity index (χ1n) is 13.7. The maximum Gasteiger partial charge on any atom is 0.0546 e. The van der Waals surface area contributed by atoms with E-state index < -0.39 is 0 Å². The fraction of sp³-hybridized carbons (Fsp3) is 0.105. The molecule has 0 radical (unpaired) electrons. The predicted molar refractivity (Wildman–Crippen MR) is 166 cm³/mol. The molecule has 0 fully saturated rings. The van der Waals surface area contributed by atoms with E-state index >= 15 is 0 Å². The molecule has 0 aromatic heterocycles. The molecule has 0 N–H and O–H groups in total. The van der Waals surface area contributed by atoms with E-state index in [2.05, 4.69) is 159 Å². The van der Waals surface area contributed by atoms with Crippen molar-refractivity contribution >= 4 is 27.8 Å². The van der Waals surface area contributed by atoms with Gasteiger partial charge in [-0.1, -0.05) is 111 Å². The largest absolute Gasteiger partial charge is 0.310 e. The quantitative estimate of drug-likeness (QED) is 0.232. The van der Waals surface area contributed by atoms with E-state index in [1.54, 1.807) is 0 Å². The summed E-state index contributed by atoms with van der Waals surface area (Å²) in [6, 6.07) is 48.8. The van der Waals surface area contributed by atoms with Crippen LogP contribution in [0.1, 0.15) is 30.5 Å². The minimum absolute atomic E-state index is 0.0630. The van der Waals surface area contributed by atoms with Crippen LogP contribution < -0.4 is 4.90 Å². The van der Waals surface area contributed by atoms with E-state index in [1.165, 1.54) is 61.1 Å². The van der Waals surface area contributed by atoms with Crippen molar-refractivity contribution in [3.63, 3.8) is 0 Å². The number of nitrogens with zero attached hydrogens (tertiary/aromatic N) is 1. The summed E-state index contributed by atoms with van der Waals surface area (Å²) in [5.74, 6) is 0. The molecule has 0 spiro atoms. The monoisotopic (exact) mass is 501 g/mol. The topological polar surface area (TPSA) is 3.24 Å². The molecule has 188 valence electrons. The average Bonchev–Trinajstić information content (AvgIpc) is 3.20. The van der Waals surface area contributed by atoms with Crippen molar-refractivity contribution in [3.05, 3.63) is 150 Å². The van der Waals surface area contributed by atoms with Gasteiger partial charge in [0.25, 0.3) is 0 Å². The van der Waals surface area contributed by atoms with E-state index in [0.29, 0.717) is 0 Å². The Hall–Kier alpha value is -4.62. The first-order valence-corrected chi connectivity index (χ1v) is 13.7. The van der Waals surface area contributed by atoms with Gasteiger partial charge in [-0.2, -0.15) is 0 Å². The second-order valence-corrected chi connectivity index (χ2v) is 11.1. The molecule has 1 nitrogen and oxygen atoms in total. The van der Waals surface area contributed by atoms with E-state index in [4.69, 9.17) is 0 Å². The van der Waals surface area contributed by atoms with Crippen molar-refractivity contribution in [2.75, 3.05) is 4.90 Å². The van der Waals surface area contributed by atoms with Gasteiger partial charge in [0, 0.05) is 22.4 Å². The fourth-order valence-electron chi connectivity index (χ4n) is 6.34. The highest BCUT2D eigenvalue weighted by molar-refractivity contribution is 5.99. The van der Waals surface area contributed by atoms with Crippen molar-refractivity contribution in [2.24, 2.45) is 0 Å². The molecule has 0 aliphatic heterocycles. The molecule has 6 aromatic carbocycles. The van der Waals surface area contributed by atoms with Gasteiger partial charge in [0.2, 0.25) is 0 Å². The number of hydrogen-bond acceptors (Lipinski definition) is 1. The highest BCUT2D eigenvalue weighted by atomic mass is 15.1. The molecule has 0 amide bonds. The average molecular weight is 502 g/mol. The Labute approximate surface area is 231 Å². The lowest BCUT2D eigenvalue weighted by atomic mass is 9.82. The molecule has 0 saturated carbocycles. The van der Waals surface area contributed by atoms with Crippen LogP contribution in [0, 0.1) is 6.92 Å². The van der Waals surface area contributed by atoms with Crippen LogP contribution in [0.2, 0.25) is 0 Å². The zero-order chi connectivity index (χ0) is 26.6. The van der Waals surface area contributed by atoms with Gasteiger partial charge in [-0.3, -0.25) is 0 Å². The van der Waals surface area contributed by atoms with Crippen molar-refractivity contribution in [1.82, 2.24) is 0 Å². The summed E-state index contributed by atoms with van der Waals surface area (Å²) in [4.78, 5) is 2.44. The second kappa shape index (κ2) is 8.99. The molecule has 7 rings (SSSR count). The van der Waals surface area contributed by atoms with Crippen LogP contribution in [-0.2, 0) is 5.41 Å².